The third kappa shape index (κ3) is 4.38. The molecule has 2 aromatic rings. The SMILES string of the molecule is NC[C@H](c1ccc(OCc2ccccc2)cc1)N1CC[C@@H](C(=O)O)C1. The molecule has 1 saturated heterocycles. The van der Waals surface area contributed by atoms with Crippen LogP contribution in [-0.4, -0.2) is 35.6 Å². The van der Waals surface area contributed by atoms with E-state index in [4.69, 9.17) is 10.5 Å². The van der Waals surface area contributed by atoms with Crippen LogP contribution in [0.5, 0.6) is 5.75 Å². The molecule has 0 radical (unpaired) electrons. The lowest BCUT2D eigenvalue weighted by Gasteiger charge is -2.27. The molecule has 0 aliphatic carbocycles. The molecule has 2 aromatic carbocycles. The van der Waals surface area contributed by atoms with E-state index in [-0.39, 0.29) is 12.0 Å². The molecule has 0 aromatic heterocycles. The van der Waals surface area contributed by atoms with Crippen molar-refractivity contribution in [2.75, 3.05) is 19.6 Å². The summed E-state index contributed by atoms with van der Waals surface area (Å²) in [6.45, 7) is 2.33. The highest BCUT2D eigenvalue weighted by Gasteiger charge is 2.32. The van der Waals surface area contributed by atoms with Crippen LogP contribution in [0.4, 0.5) is 0 Å². The molecule has 132 valence electrons. The smallest absolute Gasteiger partial charge is 0.307 e. The molecule has 0 spiro atoms. The van der Waals surface area contributed by atoms with Crippen molar-refractivity contribution in [3.63, 3.8) is 0 Å². The van der Waals surface area contributed by atoms with E-state index in [1.165, 1.54) is 0 Å². The van der Waals surface area contributed by atoms with Gasteiger partial charge in [0.15, 0.2) is 0 Å². The van der Waals surface area contributed by atoms with Gasteiger partial charge in [-0.1, -0.05) is 42.5 Å². The third-order valence-corrected chi connectivity index (χ3v) is 4.75. The summed E-state index contributed by atoms with van der Waals surface area (Å²) in [5, 5.41) is 9.17. The first-order valence-electron chi connectivity index (χ1n) is 8.61. The van der Waals surface area contributed by atoms with Crippen LogP contribution in [0.3, 0.4) is 0 Å². The zero-order valence-electron chi connectivity index (χ0n) is 14.2. The van der Waals surface area contributed by atoms with Crippen molar-refractivity contribution in [2.24, 2.45) is 11.7 Å². The highest BCUT2D eigenvalue weighted by Crippen LogP contribution is 2.28. The molecule has 2 atom stereocenters. The number of carboxylic acids is 1. The monoisotopic (exact) mass is 340 g/mol. The number of carbonyl (C=O) groups is 1. The summed E-state index contributed by atoms with van der Waals surface area (Å²) in [5.41, 5.74) is 8.18. The number of benzene rings is 2. The minimum absolute atomic E-state index is 0.0486. The van der Waals surface area contributed by atoms with Gasteiger partial charge in [-0.25, -0.2) is 0 Å². The fourth-order valence-electron chi connectivity index (χ4n) is 3.30. The minimum Gasteiger partial charge on any atom is -0.489 e. The maximum absolute atomic E-state index is 11.2. The van der Waals surface area contributed by atoms with Crippen molar-refractivity contribution in [1.29, 1.82) is 0 Å². The van der Waals surface area contributed by atoms with Crippen molar-refractivity contribution < 1.29 is 14.6 Å². The summed E-state index contributed by atoms with van der Waals surface area (Å²) in [6.07, 6.45) is 0.685. The number of ether oxygens (including phenoxy) is 1. The Kier molecular flexibility index (Phi) is 5.68. The second-order valence-electron chi connectivity index (χ2n) is 6.41. The average Bonchev–Trinajstić information content (AvgIpc) is 3.13. The van der Waals surface area contributed by atoms with E-state index in [0.29, 0.717) is 26.1 Å². The normalized spacial score (nSPS) is 18.8. The minimum atomic E-state index is -0.720. The summed E-state index contributed by atoms with van der Waals surface area (Å²) in [6, 6.07) is 18.0. The lowest BCUT2D eigenvalue weighted by molar-refractivity contribution is -0.141. The Hall–Kier alpha value is -2.37. The topological polar surface area (TPSA) is 75.8 Å². The van der Waals surface area contributed by atoms with Gasteiger partial charge in [-0.3, -0.25) is 9.69 Å². The predicted molar refractivity (Wildman–Crippen MR) is 96.3 cm³/mol. The maximum Gasteiger partial charge on any atom is 0.307 e. The fourth-order valence-corrected chi connectivity index (χ4v) is 3.30. The van der Waals surface area contributed by atoms with Gasteiger partial charge in [-0.2, -0.15) is 0 Å². The molecule has 0 unspecified atom stereocenters. The van der Waals surface area contributed by atoms with E-state index in [0.717, 1.165) is 23.4 Å². The van der Waals surface area contributed by atoms with Crippen LogP contribution in [0.1, 0.15) is 23.6 Å². The summed E-state index contributed by atoms with van der Waals surface area (Å²) in [7, 11) is 0. The summed E-state index contributed by atoms with van der Waals surface area (Å²) in [4.78, 5) is 13.3. The Bertz CT molecular complexity index is 688. The van der Waals surface area contributed by atoms with E-state index in [9.17, 15) is 9.90 Å². The summed E-state index contributed by atoms with van der Waals surface area (Å²) >= 11 is 0. The van der Waals surface area contributed by atoms with Gasteiger partial charge in [-0.15, -0.1) is 0 Å². The van der Waals surface area contributed by atoms with Crippen LogP contribution in [-0.2, 0) is 11.4 Å². The number of likely N-dealkylation sites (tertiary alicyclic amines) is 1. The number of aliphatic carboxylic acids is 1. The van der Waals surface area contributed by atoms with Crippen LogP contribution in [0.25, 0.3) is 0 Å². The quantitative estimate of drug-likeness (QED) is 0.810. The standard InChI is InChI=1S/C20H24N2O3/c21-12-19(22-11-10-17(13-22)20(23)24)16-6-8-18(9-7-16)25-14-15-4-2-1-3-5-15/h1-9,17,19H,10-14,21H2,(H,23,24)/t17-,19-/m1/s1. The average molecular weight is 340 g/mol. The summed E-state index contributed by atoms with van der Waals surface area (Å²) in [5.74, 6) is -0.196. The molecule has 25 heavy (non-hydrogen) atoms. The second kappa shape index (κ2) is 8.14. The van der Waals surface area contributed by atoms with Gasteiger partial charge in [0.1, 0.15) is 12.4 Å². The zero-order valence-corrected chi connectivity index (χ0v) is 14.2. The predicted octanol–water partition coefficient (Wildman–Crippen LogP) is 2.67. The number of carboxylic acid groups (broad SMARTS) is 1. The molecule has 1 heterocycles. The Balaban J connectivity index is 1.61. The van der Waals surface area contributed by atoms with E-state index >= 15 is 0 Å². The zero-order chi connectivity index (χ0) is 17.6. The third-order valence-electron chi connectivity index (χ3n) is 4.75. The van der Waals surface area contributed by atoms with Crippen LogP contribution in [0.2, 0.25) is 0 Å². The van der Waals surface area contributed by atoms with Crippen LogP contribution in [0.15, 0.2) is 54.6 Å². The van der Waals surface area contributed by atoms with Crippen LogP contribution >= 0.6 is 0 Å². The molecule has 3 rings (SSSR count). The lowest BCUT2D eigenvalue weighted by Crippen LogP contribution is -2.32. The van der Waals surface area contributed by atoms with E-state index < -0.39 is 5.97 Å². The van der Waals surface area contributed by atoms with Crippen molar-refractivity contribution in [3.8, 4) is 5.75 Å². The Morgan fingerprint density at radius 2 is 1.92 bits per heavy atom. The molecule has 0 amide bonds. The molecule has 1 aliphatic rings. The molecular formula is C20H24N2O3. The number of rotatable bonds is 7. The molecular weight excluding hydrogens is 316 g/mol. The van der Waals surface area contributed by atoms with Crippen molar-refractivity contribution in [3.05, 3.63) is 65.7 Å². The van der Waals surface area contributed by atoms with Crippen molar-refractivity contribution >= 4 is 5.97 Å². The van der Waals surface area contributed by atoms with Gasteiger partial charge >= 0.3 is 5.97 Å². The van der Waals surface area contributed by atoms with Crippen LogP contribution in [0, 0.1) is 5.92 Å². The molecule has 1 fully saturated rings. The first-order chi connectivity index (χ1) is 12.2. The molecule has 0 bridgehead atoms. The fraction of sp³-hybridized carbons (Fsp3) is 0.350. The highest BCUT2D eigenvalue weighted by molar-refractivity contribution is 5.70. The number of nitrogens with zero attached hydrogens (tertiary/aromatic N) is 1. The number of hydrogen-bond acceptors (Lipinski definition) is 4. The molecule has 5 heteroatoms. The van der Waals surface area contributed by atoms with E-state index in [2.05, 4.69) is 4.90 Å². The number of nitrogens with two attached hydrogens (primary N) is 1. The van der Waals surface area contributed by atoms with Gasteiger partial charge in [0.05, 0.1) is 5.92 Å². The maximum atomic E-state index is 11.2. The van der Waals surface area contributed by atoms with Gasteiger partial charge in [0.2, 0.25) is 0 Å². The number of hydrogen-bond donors (Lipinski definition) is 2. The summed E-state index contributed by atoms with van der Waals surface area (Å²) < 4.78 is 5.81. The Morgan fingerprint density at radius 3 is 2.52 bits per heavy atom. The first-order valence-corrected chi connectivity index (χ1v) is 8.61. The van der Waals surface area contributed by atoms with Crippen LogP contribution < -0.4 is 10.5 Å². The van der Waals surface area contributed by atoms with E-state index in [1.54, 1.807) is 0 Å². The first kappa shape index (κ1) is 17.5. The van der Waals surface area contributed by atoms with E-state index in [1.807, 2.05) is 54.6 Å². The Labute approximate surface area is 148 Å². The lowest BCUT2D eigenvalue weighted by atomic mass is 10.1. The van der Waals surface area contributed by atoms with Gasteiger partial charge in [0.25, 0.3) is 0 Å². The molecule has 5 nitrogen and oxygen atoms in total. The van der Waals surface area contributed by atoms with Gasteiger partial charge in [-0.05, 0) is 36.2 Å². The second-order valence-corrected chi connectivity index (χ2v) is 6.41. The van der Waals surface area contributed by atoms with Crippen molar-refractivity contribution in [2.45, 2.75) is 19.1 Å². The molecule has 3 N–H and O–H groups in total. The van der Waals surface area contributed by atoms with Gasteiger partial charge < -0.3 is 15.6 Å². The van der Waals surface area contributed by atoms with Crippen molar-refractivity contribution in [1.82, 2.24) is 4.90 Å². The molecule has 1 aliphatic heterocycles. The molecule has 0 saturated carbocycles. The Morgan fingerprint density at radius 1 is 1.20 bits per heavy atom. The largest absolute Gasteiger partial charge is 0.489 e. The highest BCUT2D eigenvalue weighted by atomic mass is 16.5. The van der Waals surface area contributed by atoms with Gasteiger partial charge in [0, 0.05) is 19.1 Å².